The van der Waals surface area contributed by atoms with Gasteiger partial charge in [-0.15, -0.1) is 0 Å². The van der Waals surface area contributed by atoms with Crippen LogP contribution in [-0.4, -0.2) is 11.3 Å². The van der Waals surface area contributed by atoms with Gasteiger partial charge in [0, 0.05) is 12.4 Å². The third-order valence-electron chi connectivity index (χ3n) is 2.66. The third-order valence-corrected chi connectivity index (χ3v) is 2.66. The second-order valence-electron chi connectivity index (χ2n) is 3.86. The van der Waals surface area contributed by atoms with Gasteiger partial charge in [-0.2, -0.15) is 0 Å². The van der Waals surface area contributed by atoms with Crippen LogP contribution in [0.25, 0.3) is 6.08 Å². The summed E-state index contributed by atoms with van der Waals surface area (Å²) in [7, 11) is 0. The summed E-state index contributed by atoms with van der Waals surface area (Å²) in [5.41, 5.74) is 1.38. The van der Waals surface area contributed by atoms with E-state index in [1.165, 1.54) is 12.1 Å². The number of allylic oxidation sites excluding steroid dienone is 1. The first-order chi connectivity index (χ1) is 8.22. The molecule has 0 radical (unpaired) electrons. The first kappa shape index (κ1) is 11.7. The zero-order valence-corrected chi connectivity index (χ0v) is 9.52. The maximum absolute atomic E-state index is 13.2. The number of benzene rings is 1. The van der Waals surface area contributed by atoms with Gasteiger partial charge in [0.2, 0.25) is 0 Å². The summed E-state index contributed by atoms with van der Waals surface area (Å²) >= 11 is 0. The van der Waals surface area contributed by atoms with Crippen LogP contribution >= 0.6 is 0 Å². The van der Waals surface area contributed by atoms with Crippen molar-refractivity contribution in [3.63, 3.8) is 0 Å². The Kier molecular flexibility index (Phi) is 3.44. The summed E-state index contributed by atoms with van der Waals surface area (Å²) in [6.07, 6.45) is 6.05. The van der Waals surface area contributed by atoms with Crippen LogP contribution in [-0.2, 0) is 0 Å². The average Bonchev–Trinajstić information content (AvgIpc) is 2.82. The number of aliphatic hydroxyl groups excluding tert-OH is 1. The predicted octanol–water partition coefficient (Wildman–Crippen LogP) is 1.88. The molecule has 1 aliphatic heterocycles. The minimum atomic E-state index is -0.739. The first-order valence-electron chi connectivity index (χ1n) is 5.49. The molecule has 0 spiro atoms. The smallest absolute Gasteiger partial charge is 0.127 e. The molecule has 0 saturated carbocycles. The molecular formula is C13H15FN2O. The molecule has 1 aromatic rings. The maximum atomic E-state index is 13.2. The van der Waals surface area contributed by atoms with E-state index >= 15 is 0 Å². The fourth-order valence-corrected chi connectivity index (χ4v) is 1.85. The Morgan fingerprint density at radius 1 is 1.35 bits per heavy atom. The summed E-state index contributed by atoms with van der Waals surface area (Å²) in [6, 6.07) is 4.38. The lowest BCUT2D eigenvalue weighted by molar-refractivity contribution is 0.130. The molecule has 0 aliphatic carbocycles. The Balaban J connectivity index is 2.30. The zero-order valence-electron chi connectivity index (χ0n) is 9.52. The first-order valence-corrected chi connectivity index (χ1v) is 5.49. The highest BCUT2D eigenvalue weighted by atomic mass is 19.1. The van der Waals surface area contributed by atoms with E-state index in [4.69, 9.17) is 0 Å². The van der Waals surface area contributed by atoms with Crippen molar-refractivity contribution in [1.82, 2.24) is 10.6 Å². The van der Waals surface area contributed by atoms with Crippen LogP contribution < -0.4 is 10.6 Å². The summed E-state index contributed by atoms with van der Waals surface area (Å²) in [5.74, 6) is -0.306. The molecule has 0 aromatic heterocycles. The SMILES string of the molecule is C/C=C/c1cc(F)ccc1C(O)C1NC=CN1. The molecule has 0 fully saturated rings. The van der Waals surface area contributed by atoms with Crippen molar-refractivity contribution < 1.29 is 9.50 Å². The van der Waals surface area contributed by atoms with Gasteiger partial charge in [-0.05, 0) is 30.2 Å². The Bertz CT molecular complexity index is 449. The highest BCUT2D eigenvalue weighted by Gasteiger charge is 2.22. The molecule has 0 bridgehead atoms. The highest BCUT2D eigenvalue weighted by Crippen LogP contribution is 2.23. The molecule has 1 atom stereocenters. The van der Waals surface area contributed by atoms with E-state index in [1.807, 2.05) is 13.0 Å². The molecular weight excluding hydrogens is 219 g/mol. The minimum absolute atomic E-state index is 0.274. The molecule has 0 amide bonds. The summed E-state index contributed by atoms with van der Waals surface area (Å²) in [4.78, 5) is 0. The van der Waals surface area contributed by atoms with E-state index in [-0.39, 0.29) is 12.0 Å². The van der Waals surface area contributed by atoms with Crippen molar-refractivity contribution >= 4 is 6.08 Å². The van der Waals surface area contributed by atoms with Crippen LogP contribution in [0.15, 0.2) is 36.7 Å². The van der Waals surface area contributed by atoms with E-state index in [2.05, 4.69) is 10.6 Å². The number of halogens is 1. The van der Waals surface area contributed by atoms with Crippen molar-refractivity contribution in [3.8, 4) is 0 Å². The number of aliphatic hydroxyl groups is 1. The monoisotopic (exact) mass is 234 g/mol. The van der Waals surface area contributed by atoms with Crippen LogP contribution in [0, 0.1) is 5.82 Å². The van der Waals surface area contributed by atoms with Gasteiger partial charge in [0.15, 0.2) is 0 Å². The van der Waals surface area contributed by atoms with Crippen LogP contribution in [0.4, 0.5) is 4.39 Å². The highest BCUT2D eigenvalue weighted by molar-refractivity contribution is 5.54. The van der Waals surface area contributed by atoms with Crippen molar-refractivity contribution in [1.29, 1.82) is 0 Å². The topological polar surface area (TPSA) is 44.3 Å². The average molecular weight is 234 g/mol. The number of rotatable bonds is 3. The van der Waals surface area contributed by atoms with E-state index in [1.54, 1.807) is 24.5 Å². The van der Waals surface area contributed by atoms with Crippen molar-refractivity contribution in [2.75, 3.05) is 0 Å². The summed E-state index contributed by atoms with van der Waals surface area (Å²) in [5, 5.41) is 16.2. The molecule has 1 unspecified atom stereocenters. The lowest BCUT2D eigenvalue weighted by Gasteiger charge is -2.21. The molecule has 0 saturated heterocycles. The number of nitrogens with one attached hydrogen (secondary N) is 2. The van der Waals surface area contributed by atoms with Gasteiger partial charge in [-0.1, -0.05) is 18.2 Å². The van der Waals surface area contributed by atoms with Crippen molar-refractivity contribution in [2.24, 2.45) is 0 Å². The standard InChI is InChI=1S/C13H15FN2O/c1-2-3-9-8-10(14)4-5-11(9)12(17)13-15-6-7-16-13/h2-8,12-13,15-17H,1H3/b3-2+. The summed E-state index contributed by atoms with van der Waals surface area (Å²) < 4.78 is 13.2. The summed E-state index contributed by atoms with van der Waals surface area (Å²) in [6.45, 7) is 1.86. The van der Waals surface area contributed by atoms with Crippen LogP contribution in [0.5, 0.6) is 0 Å². The van der Waals surface area contributed by atoms with E-state index in [9.17, 15) is 9.50 Å². The Morgan fingerprint density at radius 3 is 2.71 bits per heavy atom. The molecule has 3 nitrogen and oxygen atoms in total. The Morgan fingerprint density at radius 2 is 2.06 bits per heavy atom. The normalized spacial score (nSPS) is 17.1. The van der Waals surface area contributed by atoms with Gasteiger partial charge < -0.3 is 15.7 Å². The fourth-order valence-electron chi connectivity index (χ4n) is 1.85. The largest absolute Gasteiger partial charge is 0.384 e. The lowest BCUT2D eigenvalue weighted by Crippen LogP contribution is -2.37. The van der Waals surface area contributed by atoms with Gasteiger partial charge in [-0.25, -0.2) is 4.39 Å². The second kappa shape index (κ2) is 5.01. The van der Waals surface area contributed by atoms with Gasteiger partial charge in [0.1, 0.15) is 18.1 Å². The molecule has 1 heterocycles. The van der Waals surface area contributed by atoms with E-state index in [0.717, 1.165) is 0 Å². The molecule has 3 N–H and O–H groups in total. The molecule has 17 heavy (non-hydrogen) atoms. The molecule has 1 aliphatic rings. The van der Waals surface area contributed by atoms with Gasteiger partial charge in [0.05, 0.1) is 0 Å². The molecule has 2 rings (SSSR count). The van der Waals surface area contributed by atoms with Crippen LogP contribution in [0.1, 0.15) is 24.2 Å². The third kappa shape index (κ3) is 2.47. The maximum Gasteiger partial charge on any atom is 0.127 e. The number of hydrogen-bond donors (Lipinski definition) is 3. The van der Waals surface area contributed by atoms with E-state index < -0.39 is 6.10 Å². The lowest BCUT2D eigenvalue weighted by atomic mass is 10.00. The molecule has 90 valence electrons. The molecule has 4 heteroatoms. The van der Waals surface area contributed by atoms with Gasteiger partial charge in [0.25, 0.3) is 0 Å². The Labute approximate surface area is 99.7 Å². The second-order valence-corrected chi connectivity index (χ2v) is 3.86. The van der Waals surface area contributed by atoms with Gasteiger partial charge >= 0.3 is 0 Å². The van der Waals surface area contributed by atoms with Crippen LogP contribution in [0.2, 0.25) is 0 Å². The number of hydrogen-bond acceptors (Lipinski definition) is 3. The fraction of sp³-hybridized carbons (Fsp3) is 0.231. The van der Waals surface area contributed by atoms with Crippen molar-refractivity contribution in [3.05, 3.63) is 53.6 Å². The zero-order chi connectivity index (χ0) is 12.3. The minimum Gasteiger partial charge on any atom is -0.384 e. The van der Waals surface area contributed by atoms with E-state index in [0.29, 0.717) is 11.1 Å². The Hall–Kier alpha value is -1.81. The van der Waals surface area contributed by atoms with Crippen molar-refractivity contribution in [2.45, 2.75) is 19.2 Å². The van der Waals surface area contributed by atoms with Crippen LogP contribution in [0.3, 0.4) is 0 Å². The van der Waals surface area contributed by atoms with Gasteiger partial charge in [-0.3, -0.25) is 0 Å². The quantitative estimate of drug-likeness (QED) is 0.748. The molecule has 1 aromatic carbocycles. The predicted molar refractivity (Wildman–Crippen MR) is 65.3 cm³/mol.